The monoisotopic (exact) mass is 404 g/mol. The maximum absolute atomic E-state index is 6.28. The average molecular weight is 405 g/mol. The molecule has 3 aromatic rings. The second kappa shape index (κ2) is 11.0. The number of hydrogen-bond donors (Lipinski definition) is 0. The van der Waals surface area contributed by atoms with E-state index in [1.807, 2.05) is 54.6 Å². The van der Waals surface area contributed by atoms with Crippen molar-refractivity contribution < 1.29 is 18.9 Å². The van der Waals surface area contributed by atoms with Crippen molar-refractivity contribution in [3.8, 4) is 0 Å². The van der Waals surface area contributed by atoms with E-state index in [1.165, 1.54) is 0 Å². The first kappa shape index (κ1) is 20.8. The van der Waals surface area contributed by atoms with Gasteiger partial charge in [-0.05, 0) is 16.7 Å². The number of hydrogen-bond acceptors (Lipinski definition) is 4. The lowest BCUT2D eigenvalue weighted by Crippen LogP contribution is -2.37. The standard InChI is InChI=1S/C26H28O4/c1-4-10-21(11-5-1)16-27-19-24-26(30-18-23-14-8-3-9-15-23)25(20-29-24)28-17-22-12-6-2-7-13-22/h1-15,24-26H,16-20H2/t24?,25-,26+/m1/s1. The molecule has 4 rings (SSSR count). The molecule has 0 aromatic heterocycles. The van der Waals surface area contributed by atoms with Gasteiger partial charge in [-0.15, -0.1) is 0 Å². The van der Waals surface area contributed by atoms with E-state index in [0.29, 0.717) is 33.0 Å². The Morgan fingerprint density at radius 3 is 1.70 bits per heavy atom. The van der Waals surface area contributed by atoms with E-state index in [9.17, 15) is 0 Å². The quantitative estimate of drug-likeness (QED) is 0.488. The van der Waals surface area contributed by atoms with Crippen LogP contribution in [0.15, 0.2) is 91.0 Å². The lowest BCUT2D eigenvalue weighted by Gasteiger charge is -2.24. The summed E-state index contributed by atoms with van der Waals surface area (Å²) < 4.78 is 24.4. The highest BCUT2D eigenvalue weighted by Crippen LogP contribution is 2.24. The lowest BCUT2D eigenvalue weighted by atomic mass is 10.1. The minimum Gasteiger partial charge on any atom is -0.374 e. The van der Waals surface area contributed by atoms with Crippen LogP contribution >= 0.6 is 0 Å². The van der Waals surface area contributed by atoms with E-state index in [1.54, 1.807) is 0 Å². The van der Waals surface area contributed by atoms with Crippen LogP contribution < -0.4 is 0 Å². The molecule has 0 saturated carbocycles. The molecule has 4 heteroatoms. The maximum atomic E-state index is 6.28. The van der Waals surface area contributed by atoms with Gasteiger partial charge < -0.3 is 18.9 Å². The lowest BCUT2D eigenvalue weighted by molar-refractivity contribution is -0.0895. The third kappa shape index (κ3) is 6.00. The Bertz CT molecular complexity index is 854. The molecule has 0 radical (unpaired) electrons. The molecule has 1 saturated heterocycles. The summed E-state index contributed by atoms with van der Waals surface area (Å²) in [5, 5.41) is 0. The SMILES string of the molecule is c1ccc(COCC2OC[C@@H](OCc3ccccc3)[C@H]2OCc2ccccc2)cc1. The van der Waals surface area contributed by atoms with Crippen molar-refractivity contribution in [2.45, 2.75) is 38.1 Å². The van der Waals surface area contributed by atoms with E-state index in [4.69, 9.17) is 18.9 Å². The highest BCUT2D eigenvalue weighted by Gasteiger charge is 2.39. The summed E-state index contributed by atoms with van der Waals surface area (Å²) >= 11 is 0. The van der Waals surface area contributed by atoms with Crippen molar-refractivity contribution in [2.24, 2.45) is 0 Å². The Kier molecular flexibility index (Phi) is 7.64. The Labute approximate surface area is 178 Å². The van der Waals surface area contributed by atoms with E-state index in [0.717, 1.165) is 16.7 Å². The fourth-order valence-corrected chi connectivity index (χ4v) is 3.56. The normalized spacial score (nSPS) is 21.0. The van der Waals surface area contributed by atoms with Gasteiger partial charge in [0.1, 0.15) is 18.3 Å². The van der Waals surface area contributed by atoms with Gasteiger partial charge in [-0.3, -0.25) is 0 Å². The highest BCUT2D eigenvalue weighted by atomic mass is 16.6. The molecular weight excluding hydrogens is 376 g/mol. The van der Waals surface area contributed by atoms with Crippen molar-refractivity contribution in [3.05, 3.63) is 108 Å². The molecule has 3 aromatic carbocycles. The molecular formula is C26H28O4. The van der Waals surface area contributed by atoms with Gasteiger partial charge in [0.05, 0.1) is 33.0 Å². The van der Waals surface area contributed by atoms with Crippen LogP contribution in [-0.4, -0.2) is 31.5 Å². The number of benzene rings is 3. The summed E-state index contributed by atoms with van der Waals surface area (Å²) in [5.74, 6) is 0. The van der Waals surface area contributed by atoms with Gasteiger partial charge >= 0.3 is 0 Å². The second-order valence-corrected chi connectivity index (χ2v) is 7.47. The molecule has 0 N–H and O–H groups in total. The Morgan fingerprint density at radius 2 is 1.13 bits per heavy atom. The van der Waals surface area contributed by atoms with E-state index >= 15 is 0 Å². The summed E-state index contributed by atoms with van der Waals surface area (Å²) in [7, 11) is 0. The Hall–Kier alpha value is -2.50. The van der Waals surface area contributed by atoms with Gasteiger partial charge in [-0.2, -0.15) is 0 Å². The van der Waals surface area contributed by atoms with Crippen molar-refractivity contribution in [2.75, 3.05) is 13.2 Å². The molecule has 0 amide bonds. The Morgan fingerprint density at radius 1 is 0.633 bits per heavy atom. The van der Waals surface area contributed by atoms with Crippen molar-refractivity contribution in [1.29, 1.82) is 0 Å². The van der Waals surface area contributed by atoms with Crippen LogP contribution in [0, 0.1) is 0 Å². The predicted octanol–water partition coefficient (Wildman–Crippen LogP) is 4.77. The van der Waals surface area contributed by atoms with Crippen LogP contribution in [-0.2, 0) is 38.8 Å². The zero-order valence-electron chi connectivity index (χ0n) is 17.1. The first-order chi connectivity index (χ1) is 14.9. The fraction of sp³-hybridized carbons (Fsp3) is 0.308. The van der Waals surface area contributed by atoms with Crippen molar-refractivity contribution in [3.63, 3.8) is 0 Å². The highest BCUT2D eigenvalue weighted by molar-refractivity contribution is 5.15. The molecule has 3 atom stereocenters. The smallest absolute Gasteiger partial charge is 0.115 e. The third-order valence-corrected chi connectivity index (χ3v) is 5.19. The molecule has 1 fully saturated rings. The molecule has 1 aliphatic rings. The Balaban J connectivity index is 1.35. The minimum atomic E-state index is -0.176. The zero-order chi connectivity index (χ0) is 20.4. The van der Waals surface area contributed by atoms with Gasteiger partial charge in [-0.25, -0.2) is 0 Å². The van der Waals surface area contributed by atoms with Crippen LogP contribution in [0.25, 0.3) is 0 Å². The summed E-state index contributed by atoms with van der Waals surface area (Å²) in [5.41, 5.74) is 3.42. The van der Waals surface area contributed by atoms with Crippen LogP contribution in [0.4, 0.5) is 0 Å². The second-order valence-electron chi connectivity index (χ2n) is 7.47. The first-order valence-electron chi connectivity index (χ1n) is 10.4. The van der Waals surface area contributed by atoms with E-state index < -0.39 is 0 Å². The topological polar surface area (TPSA) is 36.9 Å². The number of rotatable bonds is 10. The van der Waals surface area contributed by atoms with Crippen LogP contribution in [0.5, 0.6) is 0 Å². The summed E-state index contributed by atoms with van der Waals surface area (Å²) in [4.78, 5) is 0. The van der Waals surface area contributed by atoms with E-state index in [-0.39, 0.29) is 18.3 Å². The van der Waals surface area contributed by atoms with Crippen molar-refractivity contribution in [1.82, 2.24) is 0 Å². The zero-order valence-corrected chi connectivity index (χ0v) is 17.1. The molecule has 1 heterocycles. The average Bonchev–Trinajstić information content (AvgIpc) is 3.20. The minimum absolute atomic E-state index is 0.126. The maximum Gasteiger partial charge on any atom is 0.115 e. The molecule has 0 spiro atoms. The molecule has 30 heavy (non-hydrogen) atoms. The summed E-state index contributed by atoms with van der Waals surface area (Å²) in [6, 6.07) is 30.5. The van der Waals surface area contributed by atoms with Crippen LogP contribution in [0.3, 0.4) is 0 Å². The molecule has 0 bridgehead atoms. The van der Waals surface area contributed by atoms with Crippen LogP contribution in [0.2, 0.25) is 0 Å². The fourth-order valence-electron chi connectivity index (χ4n) is 3.56. The molecule has 4 nitrogen and oxygen atoms in total. The van der Waals surface area contributed by atoms with Gasteiger partial charge in [0.2, 0.25) is 0 Å². The molecule has 1 aliphatic heterocycles. The molecule has 156 valence electrons. The summed E-state index contributed by atoms with van der Waals surface area (Å²) in [6.07, 6.45) is -0.456. The largest absolute Gasteiger partial charge is 0.374 e. The third-order valence-electron chi connectivity index (χ3n) is 5.19. The van der Waals surface area contributed by atoms with Gasteiger partial charge in [0.25, 0.3) is 0 Å². The summed E-state index contributed by atoms with van der Waals surface area (Å²) in [6.45, 7) is 2.60. The molecule has 1 unspecified atom stereocenters. The van der Waals surface area contributed by atoms with Gasteiger partial charge in [-0.1, -0.05) is 91.0 Å². The van der Waals surface area contributed by atoms with Gasteiger partial charge in [0, 0.05) is 0 Å². The number of ether oxygens (including phenoxy) is 4. The molecule has 0 aliphatic carbocycles. The van der Waals surface area contributed by atoms with E-state index in [2.05, 4.69) is 36.4 Å². The predicted molar refractivity (Wildman–Crippen MR) is 116 cm³/mol. The van der Waals surface area contributed by atoms with Crippen molar-refractivity contribution >= 4 is 0 Å². The first-order valence-corrected chi connectivity index (χ1v) is 10.4. The van der Waals surface area contributed by atoms with Crippen LogP contribution in [0.1, 0.15) is 16.7 Å². The van der Waals surface area contributed by atoms with Gasteiger partial charge in [0.15, 0.2) is 0 Å².